The molecular formula is C24H25FN8O. The number of carbonyl (C=O) groups excluding carboxylic acids is 1. The van der Waals surface area contributed by atoms with Crippen LogP contribution < -0.4 is 4.90 Å². The molecule has 5 rings (SSSR count). The minimum absolute atomic E-state index is 0.0750. The molecule has 10 heteroatoms. The Labute approximate surface area is 196 Å². The van der Waals surface area contributed by atoms with Gasteiger partial charge in [0, 0.05) is 50.6 Å². The number of halogens is 1. The van der Waals surface area contributed by atoms with Gasteiger partial charge in [-0.1, -0.05) is 0 Å². The Morgan fingerprint density at radius 1 is 0.912 bits per heavy atom. The van der Waals surface area contributed by atoms with Crippen LogP contribution in [-0.4, -0.2) is 66.5 Å². The molecule has 9 nitrogen and oxygen atoms in total. The predicted octanol–water partition coefficient (Wildman–Crippen LogP) is 2.78. The Morgan fingerprint density at radius 2 is 1.62 bits per heavy atom. The summed E-state index contributed by atoms with van der Waals surface area (Å²) in [7, 11) is 1.75. The normalized spacial score (nSPS) is 14.0. The van der Waals surface area contributed by atoms with Crippen molar-refractivity contribution in [3.63, 3.8) is 0 Å². The lowest BCUT2D eigenvalue weighted by Gasteiger charge is -2.35. The number of aryl methyl sites for hydroxylation is 3. The van der Waals surface area contributed by atoms with E-state index in [1.807, 2.05) is 30.9 Å². The van der Waals surface area contributed by atoms with Crippen LogP contribution in [0.25, 0.3) is 17.1 Å². The number of hydrogen-bond acceptors (Lipinski definition) is 6. The van der Waals surface area contributed by atoms with Crippen LogP contribution in [0.4, 0.5) is 10.2 Å². The van der Waals surface area contributed by atoms with Crippen LogP contribution in [0.5, 0.6) is 0 Å². The van der Waals surface area contributed by atoms with Crippen LogP contribution in [0.15, 0.2) is 48.8 Å². The van der Waals surface area contributed by atoms with Crippen molar-refractivity contribution in [3.05, 3.63) is 71.7 Å². The molecule has 0 radical (unpaired) electrons. The van der Waals surface area contributed by atoms with Crippen LogP contribution in [0.2, 0.25) is 0 Å². The Morgan fingerprint density at radius 3 is 2.29 bits per heavy atom. The number of rotatable bonds is 4. The summed E-state index contributed by atoms with van der Waals surface area (Å²) in [6.45, 7) is 6.38. The van der Waals surface area contributed by atoms with Crippen LogP contribution in [0, 0.1) is 19.7 Å². The van der Waals surface area contributed by atoms with Crippen molar-refractivity contribution in [1.29, 1.82) is 0 Å². The first-order chi connectivity index (χ1) is 16.4. The van der Waals surface area contributed by atoms with E-state index in [0.717, 1.165) is 28.6 Å². The highest BCUT2D eigenvalue weighted by atomic mass is 19.1. The third kappa shape index (κ3) is 4.14. The number of piperazine rings is 1. The quantitative estimate of drug-likeness (QED) is 0.466. The van der Waals surface area contributed by atoms with Gasteiger partial charge >= 0.3 is 0 Å². The fourth-order valence-electron chi connectivity index (χ4n) is 4.22. The van der Waals surface area contributed by atoms with Gasteiger partial charge in [0.25, 0.3) is 5.91 Å². The van der Waals surface area contributed by atoms with Gasteiger partial charge in [0.05, 0.1) is 11.4 Å². The molecule has 34 heavy (non-hydrogen) atoms. The van der Waals surface area contributed by atoms with Gasteiger partial charge < -0.3 is 9.80 Å². The maximum absolute atomic E-state index is 13.2. The molecule has 0 spiro atoms. The molecule has 1 fully saturated rings. The number of amides is 1. The number of hydrogen-bond donors (Lipinski definition) is 0. The maximum Gasteiger partial charge on any atom is 0.272 e. The largest absolute Gasteiger partial charge is 0.353 e. The van der Waals surface area contributed by atoms with Gasteiger partial charge in [-0.05, 0) is 50.2 Å². The molecule has 0 unspecified atom stereocenters. The van der Waals surface area contributed by atoms with E-state index in [2.05, 4.69) is 25.1 Å². The first-order valence-corrected chi connectivity index (χ1v) is 11.1. The third-order valence-corrected chi connectivity index (χ3v) is 5.99. The van der Waals surface area contributed by atoms with Crippen molar-refractivity contribution in [2.24, 2.45) is 7.05 Å². The van der Waals surface area contributed by atoms with Gasteiger partial charge in [-0.25, -0.2) is 19.0 Å². The molecule has 174 valence electrons. The molecule has 3 aromatic heterocycles. The van der Waals surface area contributed by atoms with Crippen LogP contribution in [0.3, 0.4) is 0 Å². The molecular weight excluding hydrogens is 435 g/mol. The van der Waals surface area contributed by atoms with E-state index in [-0.39, 0.29) is 11.7 Å². The zero-order valence-corrected chi connectivity index (χ0v) is 19.3. The Bertz CT molecular complexity index is 1340. The number of benzene rings is 1. The summed E-state index contributed by atoms with van der Waals surface area (Å²) in [5, 5.41) is 8.95. The number of nitrogens with zero attached hydrogens (tertiary/aromatic N) is 8. The summed E-state index contributed by atoms with van der Waals surface area (Å²) in [5.41, 5.74) is 3.85. The number of carbonyl (C=O) groups is 1. The van der Waals surface area contributed by atoms with Crippen molar-refractivity contribution < 1.29 is 9.18 Å². The molecule has 1 aliphatic heterocycles. The zero-order valence-electron chi connectivity index (χ0n) is 19.3. The molecule has 0 N–H and O–H groups in total. The van der Waals surface area contributed by atoms with E-state index in [0.29, 0.717) is 37.6 Å². The average Bonchev–Trinajstić information content (AvgIpc) is 3.40. The first kappa shape index (κ1) is 21.7. The van der Waals surface area contributed by atoms with E-state index >= 15 is 0 Å². The molecule has 1 aliphatic rings. The lowest BCUT2D eigenvalue weighted by Crippen LogP contribution is -2.49. The Kier molecular flexibility index (Phi) is 5.56. The SMILES string of the molecule is Cc1cc(C)n(-c2cc(N3CCN(C(=O)c4cc(-c5ccc(F)cc5)nn4C)CC3)ncn2)n1. The number of aromatic nitrogens is 6. The lowest BCUT2D eigenvalue weighted by atomic mass is 10.1. The summed E-state index contributed by atoms with van der Waals surface area (Å²) in [6.07, 6.45) is 1.55. The Hall–Kier alpha value is -4.08. The standard InChI is InChI=1S/C24H25FN8O/c1-16-12-17(2)33(28-16)23-14-22(26-15-27-23)31-8-10-32(11-9-31)24(34)21-13-20(29-30(21)3)18-4-6-19(25)7-5-18/h4-7,12-15H,8-11H2,1-3H3. The zero-order chi connectivity index (χ0) is 23.8. The summed E-state index contributed by atoms with van der Waals surface area (Å²) in [6, 6.07) is 11.8. The van der Waals surface area contributed by atoms with Crippen molar-refractivity contribution in [2.75, 3.05) is 31.1 Å². The highest BCUT2D eigenvalue weighted by molar-refractivity contribution is 5.94. The van der Waals surface area contributed by atoms with Crippen molar-refractivity contribution >= 4 is 11.7 Å². The summed E-state index contributed by atoms with van der Waals surface area (Å²) in [5.74, 6) is 1.15. The van der Waals surface area contributed by atoms with E-state index in [1.165, 1.54) is 12.1 Å². The van der Waals surface area contributed by atoms with E-state index in [1.54, 1.807) is 40.9 Å². The van der Waals surface area contributed by atoms with Crippen molar-refractivity contribution in [1.82, 2.24) is 34.4 Å². The van der Waals surface area contributed by atoms with E-state index < -0.39 is 0 Å². The minimum Gasteiger partial charge on any atom is -0.353 e. The average molecular weight is 461 g/mol. The monoisotopic (exact) mass is 460 g/mol. The predicted molar refractivity (Wildman–Crippen MR) is 125 cm³/mol. The molecule has 4 aromatic rings. The maximum atomic E-state index is 13.2. The fraction of sp³-hybridized carbons (Fsp3) is 0.292. The second kappa shape index (κ2) is 8.69. The van der Waals surface area contributed by atoms with Crippen molar-refractivity contribution in [2.45, 2.75) is 13.8 Å². The van der Waals surface area contributed by atoms with Crippen LogP contribution in [0.1, 0.15) is 21.9 Å². The third-order valence-electron chi connectivity index (χ3n) is 5.99. The van der Waals surface area contributed by atoms with Gasteiger partial charge in [0.2, 0.25) is 0 Å². The van der Waals surface area contributed by atoms with E-state index in [4.69, 9.17) is 0 Å². The molecule has 1 saturated heterocycles. The number of anilines is 1. The highest BCUT2D eigenvalue weighted by Crippen LogP contribution is 2.22. The molecule has 0 saturated carbocycles. The molecule has 0 aliphatic carbocycles. The van der Waals surface area contributed by atoms with Gasteiger partial charge in [-0.2, -0.15) is 10.2 Å². The summed E-state index contributed by atoms with van der Waals surface area (Å²) in [4.78, 5) is 26.0. The van der Waals surface area contributed by atoms with Crippen LogP contribution in [-0.2, 0) is 7.05 Å². The molecule has 1 amide bonds. The molecule has 4 heterocycles. The van der Waals surface area contributed by atoms with Crippen LogP contribution >= 0.6 is 0 Å². The van der Waals surface area contributed by atoms with Crippen molar-refractivity contribution in [3.8, 4) is 17.1 Å². The smallest absolute Gasteiger partial charge is 0.272 e. The fourth-order valence-corrected chi connectivity index (χ4v) is 4.22. The molecule has 0 bridgehead atoms. The summed E-state index contributed by atoms with van der Waals surface area (Å²) < 4.78 is 16.6. The second-order valence-corrected chi connectivity index (χ2v) is 8.40. The minimum atomic E-state index is -0.306. The first-order valence-electron chi connectivity index (χ1n) is 11.1. The summed E-state index contributed by atoms with van der Waals surface area (Å²) >= 11 is 0. The topological polar surface area (TPSA) is 85.0 Å². The second-order valence-electron chi connectivity index (χ2n) is 8.40. The Balaban J connectivity index is 1.28. The van der Waals surface area contributed by atoms with E-state index in [9.17, 15) is 9.18 Å². The lowest BCUT2D eigenvalue weighted by molar-refractivity contribution is 0.0735. The molecule has 0 atom stereocenters. The van der Waals surface area contributed by atoms with Gasteiger partial charge in [-0.3, -0.25) is 9.48 Å². The van der Waals surface area contributed by atoms with Gasteiger partial charge in [0.15, 0.2) is 5.82 Å². The molecule has 1 aromatic carbocycles. The van der Waals surface area contributed by atoms with Gasteiger partial charge in [-0.15, -0.1) is 0 Å². The highest BCUT2D eigenvalue weighted by Gasteiger charge is 2.26. The van der Waals surface area contributed by atoms with Gasteiger partial charge in [0.1, 0.15) is 23.7 Å².